The third-order valence-electron chi connectivity index (χ3n) is 9.10. The summed E-state index contributed by atoms with van der Waals surface area (Å²) in [5.74, 6) is -13.3. The van der Waals surface area contributed by atoms with E-state index in [1.54, 1.807) is 0 Å². The maximum atomic E-state index is 14.8. The van der Waals surface area contributed by atoms with Crippen LogP contribution in [0.25, 0.3) is 0 Å². The molecule has 23 nitrogen and oxygen atoms in total. The highest BCUT2D eigenvalue weighted by atomic mass is 32.2. The fourth-order valence-corrected chi connectivity index (χ4v) is 9.38. The minimum Gasteiger partial charge on any atom is -0.507 e. The van der Waals surface area contributed by atoms with E-state index >= 15 is 0 Å². The molecule has 0 spiro atoms. The zero-order valence-corrected chi connectivity index (χ0v) is 37.1. The highest BCUT2D eigenvalue weighted by Crippen LogP contribution is 2.52. The second-order valence-electron chi connectivity index (χ2n) is 14.1. The Balaban J connectivity index is 2.03. The molecule has 0 aromatic heterocycles. The van der Waals surface area contributed by atoms with Crippen molar-refractivity contribution in [3.63, 3.8) is 0 Å². The molecule has 3 aliphatic rings. The van der Waals surface area contributed by atoms with E-state index in [4.69, 9.17) is 47.4 Å². The highest BCUT2D eigenvalue weighted by molar-refractivity contribution is 8.08. The molecule has 0 radical (unpaired) electrons. The quantitative estimate of drug-likeness (QED) is 0.102. The Morgan fingerprint density at radius 1 is 0.453 bits per heavy atom. The summed E-state index contributed by atoms with van der Waals surface area (Å²) >= 11 is 0.586. The number of hydrogen-bond acceptors (Lipinski definition) is 25. The van der Waals surface area contributed by atoms with Crippen LogP contribution in [-0.2, 0) is 85.7 Å². The van der Waals surface area contributed by atoms with Crippen LogP contribution < -0.4 is 0 Å². The number of esters is 8. The molecule has 0 unspecified atom stereocenters. The van der Waals surface area contributed by atoms with Crippen LogP contribution in [-0.4, -0.2) is 148 Å². The molecule has 25 heteroatoms. The minimum atomic E-state index is -1.83. The second-order valence-corrected chi connectivity index (χ2v) is 16.3. The molecular weight excluding hydrogens is 901 g/mol. The Labute approximate surface area is 371 Å². The van der Waals surface area contributed by atoms with Crippen LogP contribution in [0.3, 0.4) is 0 Å². The van der Waals surface area contributed by atoms with Gasteiger partial charge in [-0.2, -0.15) is 0 Å². The van der Waals surface area contributed by atoms with Gasteiger partial charge in [-0.1, -0.05) is 23.5 Å². The van der Waals surface area contributed by atoms with Crippen molar-refractivity contribution in [2.45, 2.75) is 122 Å². The molecule has 2 aliphatic heterocycles. The number of hydrogen-bond donors (Lipinski definition) is 3. The Bertz CT molecular complexity index is 2000. The first-order valence-corrected chi connectivity index (χ1v) is 20.7. The Morgan fingerprint density at radius 2 is 0.750 bits per heavy atom. The molecule has 1 aromatic carbocycles. The van der Waals surface area contributed by atoms with Gasteiger partial charge in [-0.3, -0.25) is 47.9 Å². The molecule has 0 bridgehead atoms. The maximum Gasteiger partial charge on any atom is 0.303 e. The molecule has 0 saturated carbocycles. The third-order valence-corrected chi connectivity index (χ3v) is 11.7. The largest absolute Gasteiger partial charge is 0.507 e. The van der Waals surface area contributed by atoms with E-state index in [0.717, 1.165) is 62.3 Å². The number of phenols is 3. The molecule has 64 heavy (non-hydrogen) atoms. The van der Waals surface area contributed by atoms with Crippen LogP contribution in [0.4, 0.5) is 0 Å². The van der Waals surface area contributed by atoms with Gasteiger partial charge in [0, 0.05) is 61.0 Å². The van der Waals surface area contributed by atoms with Crippen molar-refractivity contribution in [1.29, 1.82) is 0 Å². The van der Waals surface area contributed by atoms with E-state index in [1.807, 2.05) is 0 Å². The van der Waals surface area contributed by atoms with Gasteiger partial charge >= 0.3 is 47.8 Å². The second kappa shape index (κ2) is 21.2. The first kappa shape index (κ1) is 50.7. The summed E-state index contributed by atoms with van der Waals surface area (Å²) in [5, 5.41) is 33.0. The maximum absolute atomic E-state index is 14.8. The summed E-state index contributed by atoms with van der Waals surface area (Å²) in [6.45, 7) is 7.59. The van der Waals surface area contributed by atoms with E-state index < -0.39 is 176 Å². The van der Waals surface area contributed by atoms with Crippen LogP contribution in [0.2, 0.25) is 0 Å². The SMILES string of the molecule is CC(=O)OC[C@H]1O[C@@H](SC2=C(S[C@@H]3O[C@H](COC(C)=O)[C@@H](OC(C)=O)[C@H](OC(C)=O)[C@H]3OC(C)=O)C(=O)c3c(O)c(O)c(C)c(O)c3C2=O)[C@H](OC(C)=O)[C@@H](OC(C)=O)[C@@H]1OC(C)=O. The topological polar surface area (TPSA) is 324 Å². The van der Waals surface area contributed by atoms with Gasteiger partial charge in [0.25, 0.3) is 0 Å². The smallest absolute Gasteiger partial charge is 0.303 e. The number of thioether (sulfide) groups is 2. The molecule has 0 amide bonds. The molecular formula is C39H44O23S2. The van der Waals surface area contributed by atoms with Crippen molar-refractivity contribution in [1.82, 2.24) is 0 Å². The third kappa shape index (κ3) is 11.8. The van der Waals surface area contributed by atoms with Crippen LogP contribution in [0, 0.1) is 6.92 Å². The zero-order valence-electron chi connectivity index (χ0n) is 35.5. The number of carbonyl (C=O) groups is 10. The lowest BCUT2D eigenvalue weighted by molar-refractivity contribution is -0.237. The van der Waals surface area contributed by atoms with Crippen LogP contribution in [0.15, 0.2) is 9.81 Å². The molecule has 2 heterocycles. The van der Waals surface area contributed by atoms with E-state index in [-0.39, 0.29) is 11.8 Å². The van der Waals surface area contributed by atoms with Crippen molar-refractivity contribution in [2.24, 2.45) is 0 Å². The van der Waals surface area contributed by atoms with Crippen LogP contribution in [0.5, 0.6) is 17.2 Å². The molecule has 2 fully saturated rings. The first-order chi connectivity index (χ1) is 29.8. The number of ether oxygens (including phenoxy) is 10. The van der Waals surface area contributed by atoms with Gasteiger partial charge < -0.3 is 62.7 Å². The number of rotatable bonds is 14. The average molecular weight is 945 g/mol. The first-order valence-electron chi connectivity index (χ1n) is 18.9. The number of allylic oxidation sites excluding steroid dienone is 2. The number of benzene rings is 1. The molecule has 1 aliphatic carbocycles. The van der Waals surface area contributed by atoms with Crippen molar-refractivity contribution in [2.75, 3.05) is 13.2 Å². The van der Waals surface area contributed by atoms with Gasteiger partial charge in [-0.05, 0) is 6.92 Å². The van der Waals surface area contributed by atoms with Gasteiger partial charge in [-0.15, -0.1) is 0 Å². The predicted molar refractivity (Wildman–Crippen MR) is 211 cm³/mol. The van der Waals surface area contributed by atoms with Gasteiger partial charge in [0.05, 0.1) is 20.9 Å². The van der Waals surface area contributed by atoms with Crippen LogP contribution in [0.1, 0.15) is 81.7 Å². The summed E-state index contributed by atoms with van der Waals surface area (Å²) in [6, 6.07) is 0. The van der Waals surface area contributed by atoms with Crippen molar-refractivity contribution in [3.05, 3.63) is 26.5 Å². The van der Waals surface area contributed by atoms with Crippen molar-refractivity contribution in [3.8, 4) is 17.2 Å². The molecule has 10 atom stereocenters. The van der Waals surface area contributed by atoms with Gasteiger partial charge in [0.1, 0.15) is 42.0 Å². The molecule has 350 valence electrons. The normalized spacial score (nSPS) is 26.4. The number of ketones is 2. The van der Waals surface area contributed by atoms with E-state index in [2.05, 4.69) is 0 Å². The highest BCUT2D eigenvalue weighted by Gasteiger charge is 2.56. The molecule has 2 saturated heterocycles. The van der Waals surface area contributed by atoms with Gasteiger partial charge in [-0.25, -0.2) is 0 Å². The number of fused-ring (bicyclic) bond motifs is 1. The number of aromatic hydroxyl groups is 3. The predicted octanol–water partition coefficient (Wildman–Crippen LogP) is 1.34. The lowest BCUT2D eigenvalue weighted by atomic mass is 9.90. The average Bonchev–Trinajstić information content (AvgIpc) is 3.17. The summed E-state index contributed by atoms with van der Waals surface area (Å²) in [6.07, 6.45) is -13.6. The number of phenolic OH excluding ortho intramolecular Hbond substituents is 3. The zero-order chi connectivity index (χ0) is 48.1. The fraction of sp³-hybridized carbons (Fsp3) is 0.538. The standard InChI is InChI=1S/C39H44O23S2/c1-12-25(48)23-24(27(50)26(12)49)29(52)37(64-39-35(60-20(9)47)33(58-18(7)45)31(56-16(5)43)22(62-39)11-54-14(3)41)36(28(23)51)63-38-34(59-19(8)46)32(57-17(6)44)30(55-15(4)42)21(61-38)10-53-13(2)40/h21-22,30-35,38-39,48-50H,10-11H2,1-9H3/t21-,22-,30-,31-,32+,33+,34-,35-,38+,39+/m1/s1. The van der Waals surface area contributed by atoms with Crippen LogP contribution >= 0.6 is 23.5 Å². The molecule has 1 aromatic rings. The lowest BCUT2D eigenvalue weighted by Crippen LogP contribution is -2.61. The Morgan fingerprint density at radius 3 is 1.06 bits per heavy atom. The van der Waals surface area contributed by atoms with E-state index in [0.29, 0.717) is 11.8 Å². The summed E-state index contributed by atoms with van der Waals surface area (Å²) in [7, 11) is 0. The fourth-order valence-electron chi connectivity index (χ4n) is 6.72. The number of carbonyl (C=O) groups excluding carboxylic acids is 10. The monoisotopic (exact) mass is 944 g/mol. The van der Waals surface area contributed by atoms with Crippen molar-refractivity contribution >= 4 is 82.8 Å². The molecule has 4 rings (SSSR count). The Kier molecular flexibility index (Phi) is 16.8. The summed E-state index contributed by atoms with van der Waals surface area (Å²) in [5.41, 5.74) is -5.78. The summed E-state index contributed by atoms with van der Waals surface area (Å²) in [4.78, 5) is 127. The minimum absolute atomic E-state index is 0.284. The van der Waals surface area contributed by atoms with Gasteiger partial charge in [0.2, 0.25) is 11.6 Å². The lowest BCUT2D eigenvalue weighted by Gasteiger charge is -2.45. The van der Waals surface area contributed by atoms with Crippen molar-refractivity contribution < 1.29 is 111 Å². The van der Waals surface area contributed by atoms with Gasteiger partial charge in [0.15, 0.2) is 48.1 Å². The Hall–Kier alpha value is -5.92. The number of Topliss-reactive ketones (excluding diaryl/α,β-unsaturated/α-hetero) is 2. The van der Waals surface area contributed by atoms with E-state index in [1.165, 1.54) is 0 Å². The molecule has 3 N–H and O–H groups in total. The van der Waals surface area contributed by atoms with E-state index in [9.17, 15) is 63.3 Å². The summed E-state index contributed by atoms with van der Waals surface area (Å²) < 4.78 is 55.4.